The summed E-state index contributed by atoms with van der Waals surface area (Å²) in [5, 5.41) is 0. The van der Waals surface area contributed by atoms with E-state index in [9.17, 15) is 4.79 Å². The summed E-state index contributed by atoms with van der Waals surface area (Å²) >= 11 is 3.52. The second kappa shape index (κ2) is 4.57. The minimum Gasteiger partial charge on any atom is -0.478 e. The molecule has 0 fully saturated rings. The van der Waals surface area contributed by atoms with Gasteiger partial charge in [-0.1, -0.05) is 29.8 Å². The van der Waals surface area contributed by atoms with E-state index in [-0.39, 0.29) is 17.9 Å². The number of ether oxygens (including phenoxy) is 1. The fourth-order valence-electron chi connectivity index (χ4n) is 2.14. The van der Waals surface area contributed by atoms with Crippen LogP contribution in [0.5, 0.6) is 5.75 Å². The monoisotopic (exact) mass is 311 g/mol. The van der Waals surface area contributed by atoms with E-state index in [4.69, 9.17) is 4.74 Å². The highest BCUT2D eigenvalue weighted by Gasteiger charge is 2.35. The van der Waals surface area contributed by atoms with E-state index >= 15 is 0 Å². The highest BCUT2D eigenvalue weighted by atomic mass is 79.9. The van der Waals surface area contributed by atoms with E-state index in [1.54, 1.807) is 11.9 Å². The van der Waals surface area contributed by atoms with Crippen LogP contribution < -0.4 is 9.64 Å². The lowest BCUT2D eigenvalue weighted by atomic mass is 10.0. The van der Waals surface area contributed by atoms with Crippen LogP contribution >= 0.6 is 15.9 Å². The number of likely N-dealkylation sites (N-methyl/N-ethyl adjacent to an activating group) is 1. The molecule has 0 spiro atoms. The molecule has 1 atom stereocenters. The third kappa shape index (κ3) is 1.92. The Bertz CT molecular complexity index is 511. The standard InChI is InChI=1S/C14H18BrNO2/c1-7(2)12-14(17)16(5)11-6-10(15)8(3)9(4)13(11)18-12/h6-7,12H,1-5H3. The van der Waals surface area contributed by atoms with Gasteiger partial charge in [-0.05, 0) is 37.0 Å². The Morgan fingerprint density at radius 3 is 2.50 bits per heavy atom. The lowest BCUT2D eigenvalue weighted by Crippen LogP contribution is -2.46. The lowest BCUT2D eigenvalue weighted by Gasteiger charge is -2.35. The van der Waals surface area contributed by atoms with Gasteiger partial charge in [0.05, 0.1) is 5.69 Å². The molecular formula is C14H18BrNO2. The summed E-state index contributed by atoms with van der Waals surface area (Å²) in [7, 11) is 1.81. The van der Waals surface area contributed by atoms with E-state index in [0.29, 0.717) is 0 Å². The van der Waals surface area contributed by atoms with E-state index < -0.39 is 0 Å². The maximum absolute atomic E-state index is 12.2. The average Bonchev–Trinajstić information content (AvgIpc) is 2.31. The van der Waals surface area contributed by atoms with E-state index in [2.05, 4.69) is 15.9 Å². The molecule has 1 aromatic carbocycles. The molecule has 0 aliphatic carbocycles. The summed E-state index contributed by atoms with van der Waals surface area (Å²) in [5.74, 6) is 1.01. The van der Waals surface area contributed by atoms with Gasteiger partial charge in [-0.15, -0.1) is 0 Å². The van der Waals surface area contributed by atoms with Gasteiger partial charge in [-0.3, -0.25) is 4.79 Å². The number of halogens is 1. The molecule has 0 bridgehead atoms. The number of rotatable bonds is 1. The second-order valence-corrected chi connectivity index (χ2v) is 5.99. The zero-order chi connectivity index (χ0) is 13.6. The summed E-state index contributed by atoms with van der Waals surface area (Å²) in [5.41, 5.74) is 3.08. The molecule has 3 nitrogen and oxygen atoms in total. The van der Waals surface area contributed by atoms with Crippen molar-refractivity contribution >= 4 is 27.5 Å². The second-order valence-electron chi connectivity index (χ2n) is 5.14. The van der Waals surface area contributed by atoms with Crippen LogP contribution in [0.2, 0.25) is 0 Å². The zero-order valence-corrected chi connectivity index (χ0v) is 13.0. The lowest BCUT2D eigenvalue weighted by molar-refractivity contribution is -0.127. The number of anilines is 1. The van der Waals surface area contributed by atoms with Gasteiger partial charge < -0.3 is 9.64 Å². The van der Waals surface area contributed by atoms with Crippen LogP contribution in [-0.2, 0) is 4.79 Å². The molecule has 1 amide bonds. The molecule has 1 unspecified atom stereocenters. The third-order valence-electron chi connectivity index (χ3n) is 3.54. The van der Waals surface area contributed by atoms with E-state index in [1.165, 1.54) is 0 Å². The van der Waals surface area contributed by atoms with Crippen LogP contribution in [0, 0.1) is 19.8 Å². The van der Waals surface area contributed by atoms with Crippen molar-refractivity contribution in [1.29, 1.82) is 0 Å². The molecule has 0 N–H and O–H groups in total. The SMILES string of the molecule is Cc1c(Br)cc2c(c1C)OC(C(C)C)C(=O)N2C. The van der Waals surface area contributed by atoms with Crippen LogP contribution in [0.15, 0.2) is 10.5 Å². The van der Waals surface area contributed by atoms with Crippen LogP contribution in [0.4, 0.5) is 5.69 Å². The Balaban J connectivity index is 2.59. The summed E-state index contributed by atoms with van der Waals surface area (Å²) in [4.78, 5) is 13.9. The molecule has 1 aliphatic rings. The van der Waals surface area contributed by atoms with Gasteiger partial charge >= 0.3 is 0 Å². The highest BCUT2D eigenvalue weighted by Crippen LogP contribution is 2.41. The van der Waals surface area contributed by atoms with Gasteiger partial charge in [0.15, 0.2) is 6.10 Å². The molecule has 18 heavy (non-hydrogen) atoms. The Labute approximate surface area is 116 Å². The molecule has 0 saturated heterocycles. The van der Waals surface area contributed by atoms with Gasteiger partial charge in [0.1, 0.15) is 5.75 Å². The smallest absolute Gasteiger partial charge is 0.268 e. The molecule has 1 aromatic rings. The van der Waals surface area contributed by atoms with Gasteiger partial charge in [0.2, 0.25) is 0 Å². The number of carbonyl (C=O) groups is 1. The van der Waals surface area contributed by atoms with Crippen molar-refractivity contribution in [3.05, 3.63) is 21.7 Å². The van der Waals surface area contributed by atoms with E-state index in [0.717, 1.165) is 27.0 Å². The zero-order valence-electron chi connectivity index (χ0n) is 11.4. The van der Waals surface area contributed by atoms with E-state index in [1.807, 2.05) is 33.8 Å². The largest absolute Gasteiger partial charge is 0.478 e. The topological polar surface area (TPSA) is 29.5 Å². The minimum atomic E-state index is -0.387. The van der Waals surface area contributed by atoms with Crippen molar-refractivity contribution < 1.29 is 9.53 Å². The summed E-state index contributed by atoms with van der Waals surface area (Å²) in [6.45, 7) is 8.08. The number of nitrogens with zero attached hydrogens (tertiary/aromatic N) is 1. The quantitative estimate of drug-likeness (QED) is 0.795. The summed E-state index contributed by atoms with van der Waals surface area (Å²) < 4.78 is 6.94. The minimum absolute atomic E-state index is 0.0210. The predicted octanol–water partition coefficient (Wildman–Crippen LogP) is 3.45. The summed E-state index contributed by atoms with van der Waals surface area (Å²) in [6.07, 6.45) is -0.387. The number of fused-ring (bicyclic) bond motifs is 1. The van der Waals surface area contributed by atoms with Gasteiger partial charge in [0, 0.05) is 11.5 Å². The highest BCUT2D eigenvalue weighted by molar-refractivity contribution is 9.10. The molecule has 0 radical (unpaired) electrons. The maximum Gasteiger partial charge on any atom is 0.268 e. The predicted molar refractivity (Wildman–Crippen MR) is 76.3 cm³/mol. The van der Waals surface area contributed by atoms with Gasteiger partial charge in [-0.2, -0.15) is 0 Å². The average molecular weight is 312 g/mol. The van der Waals surface area contributed by atoms with Crippen molar-refractivity contribution in [3.8, 4) is 5.75 Å². The van der Waals surface area contributed by atoms with Crippen molar-refractivity contribution in [1.82, 2.24) is 0 Å². The summed E-state index contributed by atoms with van der Waals surface area (Å²) in [6, 6.07) is 1.95. The molecule has 98 valence electrons. The normalized spacial score (nSPS) is 18.9. The Morgan fingerprint density at radius 2 is 1.94 bits per heavy atom. The Morgan fingerprint density at radius 1 is 1.33 bits per heavy atom. The molecule has 0 aromatic heterocycles. The van der Waals surface area contributed by atoms with Crippen molar-refractivity contribution in [2.24, 2.45) is 5.92 Å². The molecule has 0 saturated carbocycles. The molecule has 1 aliphatic heterocycles. The van der Waals surface area contributed by atoms with Crippen molar-refractivity contribution in [3.63, 3.8) is 0 Å². The fourth-order valence-corrected chi connectivity index (χ4v) is 2.66. The molecule has 4 heteroatoms. The molecule has 1 heterocycles. The first-order chi connectivity index (χ1) is 8.34. The molecule has 2 rings (SSSR count). The first kappa shape index (κ1) is 13.4. The van der Waals surface area contributed by atoms with Gasteiger partial charge in [-0.25, -0.2) is 0 Å². The van der Waals surface area contributed by atoms with Crippen LogP contribution in [-0.4, -0.2) is 19.1 Å². The fraction of sp³-hybridized carbons (Fsp3) is 0.500. The first-order valence-corrected chi connectivity index (χ1v) is 6.87. The number of hydrogen-bond acceptors (Lipinski definition) is 2. The maximum atomic E-state index is 12.2. The van der Waals surface area contributed by atoms with Crippen LogP contribution in [0.1, 0.15) is 25.0 Å². The number of hydrogen-bond donors (Lipinski definition) is 0. The van der Waals surface area contributed by atoms with Gasteiger partial charge in [0.25, 0.3) is 5.91 Å². The van der Waals surface area contributed by atoms with Crippen molar-refractivity contribution in [2.75, 3.05) is 11.9 Å². The number of amides is 1. The van der Waals surface area contributed by atoms with Crippen molar-refractivity contribution in [2.45, 2.75) is 33.8 Å². The molecular weight excluding hydrogens is 294 g/mol. The van der Waals surface area contributed by atoms with Crippen LogP contribution in [0.3, 0.4) is 0 Å². The Hall–Kier alpha value is -1.03. The Kier molecular flexibility index (Phi) is 3.41. The van der Waals surface area contributed by atoms with Crippen LogP contribution in [0.25, 0.3) is 0 Å². The number of carbonyl (C=O) groups excluding carboxylic acids is 1. The number of benzene rings is 1. The first-order valence-electron chi connectivity index (χ1n) is 6.08. The third-order valence-corrected chi connectivity index (χ3v) is 4.37.